The molecule has 0 aliphatic carbocycles. The zero-order chi connectivity index (χ0) is 17.2. The van der Waals surface area contributed by atoms with E-state index < -0.39 is 22.8 Å². The van der Waals surface area contributed by atoms with Crippen LogP contribution in [0.2, 0.25) is 0 Å². The van der Waals surface area contributed by atoms with E-state index in [4.69, 9.17) is 25.7 Å². The Morgan fingerprint density at radius 3 is 1.82 bits per heavy atom. The molecule has 0 spiro atoms. The van der Waals surface area contributed by atoms with E-state index in [0.29, 0.717) is 0 Å². The summed E-state index contributed by atoms with van der Waals surface area (Å²) in [5, 5.41) is 0. The molecule has 0 N–H and O–H groups in total. The highest BCUT2D eigenvalue weighted by Crippen LogP contribution is 2.20. The number of terminal acetylenes is 4. The minimum atomic E-state index is -1.96. The Kier molecular flexibility index (Phi) is 6.47. The third-order valence-corrected chi connectivity index (χ3v) is 2.34. The van der Waals surface area contributed by atoms with Gasteiger partial charge < -0.3 is 9.47 Å². The van der Waals surface area contributed by atoms with Crippen LogP contribution in [0.4, 0.5) is 0 Å². The molecule has 0 radical (unpaired) electrons. The van der Waals surface area contributed by atoms with Gasteiger partial charge in [-0.3, -0.25) is 0 Å². The molecule has 0 fully saturated rings. The molecule has 0 saturated heterocycles. The number of carbonyl (C=O) groups is 2. The lowest BCUT2D eigenvalue weighted by Crippen LogP contribution is -2.30. The number of ether oxygens (including phenoxy) is 2. The zero-order valence-corrected chi connectivity index (χ0v) is 11.9. The predicted octanol–water partition coefficient (Wildman–Crippen LogP) is 0.540. The van der Waals surface area contributed by atoms with Crippen molar-refractivity contribution in [1.29, 1.82) is 0 Å². The van der Waals surface area contributed by atoms with Gasteiger partial charge in [0.15, 0.2) is 5.41 Å². The van der Waals surface area contributed by atoms with Gasteiger partial charge in [0, 0.05) is 0 Å². The van der Waals surface area contributed by atoms with E-state index in [-0.39, 0.29) is 0 Å². The standard InChI is InChI=1S/C18H10O4/c1-7-12-18(9-3,16(20)22-11-5)14-13-17(6,8-2)15(19)21-10-4/h2-5H,1,6H3. The lowest BCUT2D eigenvalue weighted by molar-refractivity contribution is -0.142. The summed E-state index contributed by atoms with van der Waals surface area (Å²) in [6.07, 6.45) is 23.7. The molecule has 0 aliphatic heterocycles. The minimum Gasteiger partial charge on any atom is -0.371 e. The Morgan fingerprint density at radius 1 is 0.864 bits per heavy atom. The smallest absolute Gasteiger partial charge is 0.363 e. The molecule has 0 amide bonds. The van der Waals surface area contributed by atoms with Crippen molar-refractivity contribution in [3.8, 4) is 73.4 Å². The lowest BCUT2D eigenvalue weighted by Gasteiger charge is -2.15. The molecule has 106 valence electrons. The van der Waals surface area contributed by atoms with Crippen molar-refractivity contribution >= 4 is 11.9 Å². The SMILES string of the molecule is C#COC(=O)C(C)(C#C)C#CC(C#C)(C#CC)C(=O)OC#C. The molecule has 0 bridgehead atoms. The van der Waals surface area contributed by atoms with Gasteiger partial charge >= 0.3 is 11.9 Å². The van der Waals surface area contributed by atoms with Crippen LogP contribution >= 0.6 is 0 Å². The highest BCUT2D eigenvalue weighted by molar-refractivity contribution is 5.90. The fraction of sp³-hybridized carbons (Fsp3) is 0.222. The van der Waals surface area contributed by atoms with Crippen molar-refractivity contribution in [3.05, 3.63) is 0 Å². The van der Waals surface area contributed by atoms with E-state index in [9.17, 15) is 9.59 Å². The van der Waals surface area contributed by atoms with Gasteiger partial charge in [0.2, 0.25) is 5.41 Å². The molecule has 22 heavy (non-hydrogen) atoms. The van der Waals surface area contributed by atoms with E-state index in [1.807, 2.05) is 0 Å². The number of hydrogen-bond acceptors (Lipinski definition) is 4. The second kappa shape index (κ2) is 7.78. The van der Waals surface area contributed by atoms with Gasteiger partial charge in [-0.2, -0.15) is 0 Å². The van der Waals surface area contributed by atoms with Gasteiger partial charge in [-0.25, -0.2) is 9.59 Å². The molecule has 0 aliphatic rings. The van der Waals surface area contributed by atoms with Crippen molar-refractivity contribution in [2.24, 2.45) is 10.8 Å². The average molecular weight is 290 g/mol. The van der Waals surface area contributed by atoms with Crippen molar-refractivity contribution in [2.45, 2.75) is 13.8 Å². The largest absolute Gasteiger partial charge is 0.371 e. The van der Waals surface area contributed by atoms with Crippen LogP contribution in [-0.4, -0.2) is 11.9 Å². The third-order valence-electron chi connectivity index (χ3n) is 2.34. The first-order valence-corrected chi connectivity index (χ1v) is 5.63. The summed E-state index contributed by atoms with van der Waals surface area (Å²) >= 11 is 0. The maximum atomic E-state index is 11.9. The molecular weight excluding hydrogens is 280 g/mol. The summed E-state index contributed by atoms with van der Waals surface area (Å²) in [6, 6.07) is 0. The Bertz CT molecular complexity index is 768. The number of hydrogen-bond donors (Lipinski definition) is 0. The van der Waals surface area contributed by atoms with Gasteiger partial charge in [0.25, 0.3) is 0 Å². The Morgan fingerprint density at radius 2 is 1.41 bits per heavy atom. The van der Waals surface area contributed by atoms with E-state index >= 15 is 0 Å². The summed E-state index contributed by atoms with van der Waals surface area (Å²) in [4.78, 5) is 23.6. The second-order valence-corrected chi connectivity index (χ2v) is 3.80. The monoisotopic (exact) mass is 290 g/mol. The van der Waals surface area contributed by atoms with Crippen LogP contribution in [0.15, 0.2) is 0 Å². The first kappa shape index (κ1) is 18.3. The van der Waals surface area contributed by atoms with E-state index in [1.54, 1.807) is 12.2 Å². The molecule has 2 atom stereocenters. The maximum Gasteiger partial charge on any atom is 0.363 e. The average Bonchev–Trinajstić information content (AvgIpc) is 2.51. The summed E-state index contributed by atoms with van der Waals surface area (Å²) in [5.74, 6) is 11.8. The van der Waals surface area contributed by atoms with Crippen LogP contribution in [-0.2, 0) is 19.1 Å². The molecule has 0 saturated carbocycles. The number of esters is 2. The van der Waals surface area contributed by atoms with Gasteiger partial charge in [-0.1, -0.05) is 42.4 Å². The van der Waals surface area contributed by atoms with Gasteiger partial charge in [-0.15, -0.1) is 18.8 Å². The number of rotatable bonds is 2. The normalized spacial score (nSPS) is 13.2. The van der Waals surface area contributed by atoms with Crippen LogP contribution in [0, 0.1) is 84.3 Å². The van der Waals surface area contributed by atoms with Gasteiger partial charge in [0.1, 0.15) is 12.2 Å². The van der Waals surface area contributed by atoms with Crippen molar-refractivity contribution in [1.82, 2.24) is 0 Å². The molecule has 0 rings (SSSR count). The first-order valence-electron chi connectivity index (χ1n) is 5.63. The summed E-state index contributed by atoms with van der Waals surface area (Å²) in [6.45, 7) is 2.71. The summed E-state index contributed by atoms with van der Waals surface area (Å²) < 4.78 is 8.77. The van der Waals surface area contributed by atoms with Crippen LogP contribution < -0.4 is 0 Å². The predicted molar refractivity (Wildman–Crippen MR) is 79.3 cm³/mol. The Balaban J connectivity index is 6.06. The van der Waals surface area contributed by atoms with Crippen molar-refractivity contribution < 1.29 is 19.1 Å². The molecule has 0 aromatic rings. The van der Waals surface area contributed by atoms with E-state index in [1.165, 1.54) is 13.8 Å². The highest BCUT2D eigenvalue weighted by Gasteiger charge is 2.37. The quantitative estimate of drug-likeness (QED) is 0.550. The zero-order valence-electron chi connectivity index (χ0n) is 11.9. The van der Waals surface area contributed by atoms with Gasteiger partial charge in [0.05, 0.1) is 0 Å². The Labute approximate surface area is 129 Å². The molecular formula is C18H10O4. The maximum absolute atomic E-state index is 11.9. The third kappa shape index (κ3) is 3.89. The summed E-state index contributed by atoms with van der Waals surface area (Å²) in [7, 11) is 0. The van der Waals surface area contributed by atoms with E-state index in [0.717, 1.165) is 0 Å². The van der Waals surface area contributed by atoms with Crippen LogP contribution in [0.5, 0.6) is 0 Å². The lowest BCUT2D eigenvalue weighted by atomic mass is 9.86. The van der Waals surface area contributed by atoms with Crippen LogP contribution in [0.3, 0.4) is 0 Å². The molecule has 0 heterocycles. The fourth-order valence-electron chi connectivity index (χ4n) is 1.10. The topological polar surface area (TPSA) is 52.6 Å². The minimum absolute atomic E-state index is 0.967. The fourth-order valence-corrected chi connectivity index (χ4v) is 1.10. The van der Waals surface area contributed by atoms with E-state index in [2.05, 4.69) is 45.0 Å². The van der Waals surface area contributed by atoms with Crippen molar-refractivity contribution in [2.75, 3.05) is 0 Å². The van der Waals surface area contributed by atoms with Gasteiger partial charge in [-0.05, 0) is 13.8 Å². The van der Waals surface area contributed by atoms with Crippen LogP contribution in [0.1, 0.15) is 13.8 Å². The molecule has 2 unspecified atom stereocenters. The number of carbonyl (C=O) groups excluding carboxylic acids is 2. The highest BCUT2D eigenvalue weighted by atomic mass is 16.5. The molecule has 4 nitrogen and oxygen atoms in total. The molecule has 4 heteroatoms. The molecule has 0 aromatic heterocycles. The van der Waals surface area contributed by atoms with Crippen molar-refractivity contribution in [3.63, 3.8) is 0 Å². The van der Waals surface area contributed by atoms with Crippen LogP contribution in [0.25, 0.3) is 0 Å². The second-order valence-electron chi connectivity index (χ2n) is 3.80. The first-order chi connectivity index (χ1) is 10.4. The Hall–Kier alpha value is -3.70. The molecule has 0 aromatic carbocycles. The summed E-state index contributed by atoms with van der Waals surface area (Å²) in [5.41, 5.74) is -3.68.